The SMILES string of the molecule is CCc1nc(C(=O)Nc2ccc(N)c(OC)c2)n[nH]1. The van der Waals surface area contributed by atoms with Gasteiger partial charge < -0.3 is 15.8 Å². The molecule has 0 aliphatic heterocycles. The van der Waals surface area contributed by atoms with E-state index in [2.05, 4.69) is 20.5 Å². The Morgan fingerprint density at radius 1 is 1.53 bits per heavy atom. The summed E-state index contributed by atoms with van der Waals surface area (Å²) in [4.78, 5) is 16.0. The van der Waals surface area contributed by atoms with Crippen LogP contribution in [-0.2, 0) is 6.42 Å². The topological polar surface area (TPSA) is 106 Å². The molecular weight excluding hydrogens is 246 g/mol. The minimum absolute atomic E-state index is 0.104. The van der Waals surface area contributed by atoms with Crippen LogP contribution in [0.3, 0.4) is 0 Å². The van der Waals surface area contributed by atoms with Crippen LogP contribution in [0.4, 0.5) is 11.4 Å². The van der Waals surface area contributed by atoms with Crippen LogP contribution in [0.15, 0.2) is 18.2 Å². The summed E-state index contributed by atoms with van der Waals surface area (Å²) in [7, 11) is 1.51. The second kappa shape index (κ2) is 5.38. The van der Waals surface area contributed by atoms with E-state index in [1.807, 2.05) is 6.92 Å². The number of aromatic nitrogens is 3. The fourth-order valence-corrected chi connectivity index (χ4v) is 1.53. The Labute approximate surface area is 110 Å². The van der Waals surface area contributed by atoms with Gasteiger partial charge in [-0.1, -0.05) is 6.92 Å². The quantitative estimate of drug-likeness (QED) is 0.717. The number of anilines is 2. The van der Waals surface area contributed by atoms with Crippen molar-refractivity contribution in [1.82, 2.24) is 15.2 Å². The van der Waals surface area contributed by atoms with Crippen LogP contribution in [0.5, 0.6) is 5.75 Å². The number of nitrogens with zero attached hydrogens (tertiary/aromatic N) is 2. The highest BCUT2D eigenvalue weighted by molar-refractivity contribution is 6.01. The highest BCUT2D eigenvalue weighted by Gasteiger charge is 2.12. The Morgan fingerprint density at radius 2 is 2.32 bits per heavy atom. The molecule has 7 nitrogen and oxygen atoms in total. The number of carbonyl (C=O) groups is 1. The zero-order chi connectivity index (χ0) is 13.8. The number of hydrogen-bond donors (Lipinski definition) is 3. The number of methoxy groups -OCH3 is 1. The first-order valence-corrected chi connectivity index (χ1v) is 5.80. The number of aromatic amines is 1. The number of rotatable bonds is 4. The Bertz CT molecular complexity index is 594. The summed E-state index contributed by atoms with van der Waals surface area (Å²) in [6.07, 6.45) is 0.690. The summed E-state index contributed by atoms with van der Waals surface area (Å²) in [6.45, 7) is 1.92. The van der Waals surface area contributed by atoms with Crippen molar-refractivity contribution < 1.29 is 9.53 Å². The molecule has 0 aliphatic rings. The molecule has 0 radical (unpaired) electrons. The lowest BCUT2D eigenvalue weighted by atomic mass is 10.2. The molecule has 0 saturated carbocycles. The zero-order valence-corrected chi connectivity index (χ0v) is 10.7. The number of ether oxygens (including phenoxy) is 1. The van der Waals surface area contributed by atoms with Crippen LogP contribution >= 0.6 is 0 Å². The number of nitrogens with one attached hydrogen (secondary N) is 2. The number of aryl methyl sites for hydroxylation is 1. The number of amides is 1. The third-order valence-corrected chi connectivity index (χ3v) is 2.56. The van der Waals surface area contributed by atoms with Crippen LogP contribution in [-0.4, -0.2) is 28.2 Å². The van der Waals surface area contributed by atoms with Crippen molar-refractivity contribution in [1.29, 1.82) is 0 Å². The van der Waals surface area contributed by atoms with Crippen LogP contribution in [0, 0.1) is 0 Å². The fraction of sp³-hybridized carbons (Fsp3) is 0.250. The second-order valence-corrected chi connectivity index (χ2v) is 3.87. The Morgan fingerprint density at radius 3 is 2.95 bits per heavy atom. The van der Waals surface area contributed by atoms with Gasteiger partial charge in [-0.15, -0.1) is 5.10 Å². The lowest BCUT2D eigenvalue weighted by molar-refractivity contribution is 0.101. The summed E-state index contributed by atoms with van der Waals surface area (Å²) in [5, 5.41) is 9.20. The maximum Gasteiger partial charge on any atom is 0.295 e. The van der Waals surface area contributed by atoms with E-state index < -0.39 is 0 Å². The van der Waals surface area contributed by atoms with E-state index in [0.717, 1.165) is 0 Å². The molecule has 4 N–H and O–H groups in total. The number of carbonyl (C=O) groups excluding carboxylic acids is 1. The Kier molecular flexibility index (Phi) is 3.65. The van der Waals surface area contributed by atoms with Crippen molar-refractivity contribution in [3.63, 3.8) is 0 Å². The van der Waals surface area contributed by atoms with E-state index in [0.29, 0.717) is 29.4 Å². The third-order valence-electron chi connectivity index (χ3n) is 2.56. The summed E-state index contributed by atoms with van der Waals surface area (Å²) in [5.74, 6) is 0.887. The molecule has 1 heterocycles. The van der Waals surface area contributed by atoms with E-state index in [9.17, 15) is 4.79 Å². The Hall–Kier alpha value is -2.57. The lowest BCUT2D eigenvalue weighted by Crippen LogP contribution is -2.14. The molecule has 19 heavy (non-hydrogen) atoms. The van der Waals surface area contributed by atoms with Crippen molar-refractivity contribution in [2.75, 3.05) is 18.2 Å². The molecule has 0 atom stereocenters. The molecule has 0 saturated heterocycles. The highest BCUT2D eigenvalue weighted by atomic mass is 16.5. The number of benzene rings is 1. The van der Waals surface area contributed by atoms with Gasteiger partial charge in [0, 0.05) is 18.2 Å². The number of nitrogen functional groups attached to an aromatic ring is 1. The monoisotopic (exact) mass is 261 g/mol. The summed E-state index contributed by atoms with van der Waals surface area (Å²) < 4.78 is 5.08. The molecule has 1 aromatic heterocycles. The predicted molar refractivity (Wildman–Crippen MR) is 71.1 cm³/mol. The minimum Gasteiger partial charge on any atom is -0.495 e. The average molecular weight is 261 g/mol. The molecule has 0 bridgehead atoms. The van der Waals surface area contributed by atoms with Gasteiger partial charge in [-0.3, -0.25) is 9.89 Å². The molecule has 1 amide bonds. The molecule has 7 heteroatoms. The van der Waals surface area contributed by atoms with Gasteiger partial charge in [0.1, 0.15) is 11.6 Å². The number of H-pyrrole nitrogens is 1. The molecule has 2 aromatic rings. The van der Waals surface area contributed by atoms with Gasteiger partial charge in [0.05, 0.1) is 12.8 Å². The molecule has 0 fully saturated rings. The molecule has 0 unspecified atom stereocenters. The maximum absolute atomic E-state index is 11.9. The van der Waals surface area contributed by atoms with Gasteiger partial charge in [0.25, 0.3) is 5.91 Å². The third kappa shape index (κ3) is 2.82. The van der Waals surface area contributed by atoms with Crippen LogP contribution in [0.2, 0.25) is 0 Å². The first-order valence-electron chi connectivity index (χ1n) is 5.80. The van der Waals surface area contributed by atoms with Crippen LogP contribution in [0.25, 0.3) is 0 Å². The molecule has 0 aliphatic carbocycles. The number of nitrogens with two attached hydrogens (primary N) is 1. The van der Waals surface area contributed by atoms with Crippen LogP contribution < -0.4 is 15.8 Å². The van der Waals surface area contributed by atoms with Crippen molar-refractivity contribution >= 4 is 17.3 Å². The maximum atomic E-state index is 11.9. The van der Waals surface area contributed by atoms with E-state index in [1.165, 1.54) is 7.11 Å². The molecule has 2 rings (SSSR count). The molecule has 100 valence electrons. The van der Waals surface area contributed by atoms with Gasteiger partial charge in [-0.05, 0) is 12.1 Å². The van der Waals surface area contributed by atoms with Gasteiger partial charge in [0.2, 0.25) is 5.82 Å². The van der Waals surface area contributed by atoms with Gasteiger partial charge in [-0.25, -0.2) is 4.98 Å². The zero-order valence-electron chi connectivity index (χ0n) is 10.7. The van der Waals surface area contributed by atoms with Gasteiger partial charge >= 0.3 is 0 Å². The van der Waals surface area contributed by atoms with Crippen LogP contribution in [0.1, 0.15) is 23.4 Å². The summed E-state index contributed by atoms with van der Waals surface area (Å²) >= 11 is 0. The fourth-order valence-electron chi connectivity index (χ4n) is 1.53. The molecular formula is C12H15N5O2. The average Bonchev–Trinajstić information content (AvgIpc) is 2.90. The first-order chi connectivity index (χ1) is 9.13. The van der Waals surface area contributed by atoms with E-state index >= 15 is 0 Å². The Balaban J connectivity index is 2.14. The van der Waals surface area contributed by atoms with Crippen molar-refractivity contribution in [3.05, 3.63) is 29.8 Å². The van der Waals surface area contributed by atoms with E-state index in [1.54, 1.807) is 18.2 Å². The van der Waals surface area contributed by atoms with Crippen molar-refractivity contribution in [3.8, 4) is 5.75 Å². The van der Waals surface area contributed by atoms with E-state index in [4.69, 9.17) is 10.5 Å². The largest absolute Gasteiger partial charge is 0.495 e. The smallest absolute Gasteiger partial charge is 0.295 e. The number of hydrogen-bond acceptors (Lipinski definition) is 5. The molecule has 0 spiro atoms. The lowest BCUT2D eigenvalue weighted by Gasteiger charge is -2.07. The normalized spacial score (nSPS) is 10.2. The highest BCUT2D eigenvalue weighted by Crippen LogP contribution is 2.25. The predicted octanol–water partition coefficient (Wildman–Crippen LogP) is 1.21. The van der Waals surface area contributed by atoms with Gasteiger partial charge in [0.15, 0.2) is 0 Å². The molecule has 1 aromatic carbocycles. The van der Waals surface area contributed by atoms with Crippen molar-refractivity contribution in [2.24, 2.45) is 0 Å². The first kappa shape index (κ1) is 12.9. The minimum atomic E-state index is -0.386. The van der Waals surface area contributed by atoms with Crippen molar-refractivity contribution in [2.45, 2.75) is 13.3 Å². The standard InChI is InChI=1S/C12H15N5O2/c1-3-10-15-11(17-16-10)12(18)14-7-4-5-8(13)9(6-7)19-2/h4-6H,3,13H2,1-2H3,(H,14,18)(H,15,16,17). The summed E-state index contributed by atoms with van der Waals surface area (Å²) in [6, 6.07) is 4.98. The second-order valence-electron chi connectivity index (χ2n) is 3.87. The van der Waals surface area contributed by atoms with E-state index in [-0.39, 0.29) is 11.7 Å². The summed E-state index contributed by atoms with van der Waals surface area (Å²) in [5.41, 5.74) is 6.77. The van der Waals surface area contributed by atoms with Gasteiger partial charge in [-0.2, -0.15) is 0 Å².